The van der Waals surface area contributed by atoms with Crippen molar-refractivity contribution in [1.82, 2.24) is 9.55 Å². The quantitative estimate of drug-likeness (QED) is 0.922. The summed E-state index contributed by atoms with van der Waals surface area (Å²) in [6, 6.07) is 7.41. The number of aryl methyl sites for hydroxylation is 2. The Morgan fingerprint density at radius 1 is 1.39 bits per heavy atom. The first kappa shape index (κ1) is 13.1. The second-order valence-electron chi connectivity index (χ2n) is 4.71. The first-order valence-corrected chi connectivity index (χ1v) is 6.32. The molecule has 1 unspecified atom stereocenters. The number of rotatable bonds is 4. The maximum absolute atomic E-state index is 10.5. The molecule has 0 bridgehead atoms. The third kappa shape index (κ3) is 2.74. The first-order valence-electron chi connectivity index (χ1n) is 5.94. The summed E-state index contributed by atoms with van der Waals surface area (Å²) < 4.78 is 1.96. The molecular formula is C14H17ClN2O. The molecule has 1 heterocycles. The minimum absolute atomic E-state index is 0.585. The molecule has 1 aromatic carbocycles. The van der Waals surface area contributed by atoms with Crippen LogP contribution < -0.4 is 0 Å². The van der Waals surface area contributed by atoms with Crippen LogP contribution >= 0.6 is 11.6 Å². The van der Waals surface area contributed by atoms with Gasteiger partial charge in [0.25, 0.3) is 0 Å². The van der Waals surface area contributed by atoms with E-state index in [1.54, 1.807) is 19.2 Å². The Hall–Kier alpha value is -1.32. The van der Waals surface area contributed by atoms with Gasteiger partial charge in [-0.15, -0.1) is 0 Å². The number of benzene rings is 1. The summed E-state index contributed by atoms with van der Waals surface area (Å²) in [6.07, 6.45) is 4.96. The zero-order chi connectivity index (χ0) is 13.2. The zero-order valence-electron chi connectivity index (χ0n) is 10.6. The van der Waals surface area contributed by atoms with E-state index >= 15 is 0 Å². The van der Waals surface area contributed by atoms with Gasteiger partial charge in [-0.2, -0.15) is 0 Å². The van der Waals surface area contributed by atoms with Crippen LogP contribution in [0.25, 0.3) is 0 Å². The monoisotopic (exact) mass is 264 g/mol. The number of hydrogen-bond acceptors (Lipinski definition) is 2. The predicted octanol–water partition coefficient (Wildman–Crippen LogP) is 2.91. The third-order valence-electron chi connectivity index (χ3n) is 3.21. The lowest BCUT2D eigenvalue weighted by molar-refractivity contribution is 0.0474. The zero-order valence-corrected chi connectivity index (χ0v) is 11.4. The number of nitrogens with zero attached hydrogens (tertiary/aromatic N) is 2. The largest absolute Gasteiger partial charge is 0.385 e. The summed E-state index contributed by atoms with van der Waals surface area (Å²) in [5, 5.41) is 11.1. The molecule has 0 aliphatic rings. The molecule has 96 valence electrons. The highest BCUT2D eigenvalue weighted by Gasteiger charge is 2.25. The minimum atomic E-state index is -0.940. The lowest BCUT2D eigenvalue weighted by Gasteiger charge is -2.24. The molecule has 18 heavy (non-hydrogen) atoms. The third-order valence-corrected chi connectivity index (χ3v) is 3.54. The number of halogens is 1. The molecule has 0 saturated carbocycles. The van der Waals surface area contributed by atoms with Crippen molar-refractivity contribution < 1.29 is 5.11 Å². The average molecular weight is 265 g/mol. The maximum atomic E-state index is 10.5. The van der Waals surface area contributed by atoms with Crippen LogP contribution in [0.2, 0.25) is 5.02 Å². The molecule has 1 atom stereocenters. The molecule has 4 heteroatoms. The Bertz CT molecular complexity index is 534. The predicted molar refractivity (Wildman–Crippen MR) is 72.6 cm³/mol. The van der Waals surface area contributed by atoms with E-state index in [9.17, 15) is 5.11 Å². The SMILES string of the molecule is Cn1ccnc1CCC(C)(O)c1ccccc1Cl. The van der Waals surface area contributed by atoms with Crippen molar-refractivity contribution in [2.75, 3.05) is 0 Å². The van der Waals surface area contributed by atoms with Gasteiger partial charge < -0.3 is 9.67 Å². The van der Waals surface area contributed by atoms with Gasteiger partial charge in [-0.3, -0.25) is 0 Å². The number of aromatic nitrogens is 2. The van der Waals surface area contributed by atoms with Crippen LogP contribution in [-0.4, -0.2) is 14.7 Å². The van der Waals surface area contributed by atoms with Crippen molar-refractivity contribution in [1.29, 1.82) is 0 Å². The Kier molecular flexibility index (Phi) is 3.73. The second kappa shape index (κ2) is 5.12. The van der Waals surface area contributed by atoms with E-state index in [2.05, 4.69) is 4.98 Å². The molecule has 2 aromatic rings. The van der Waals surface area contributed by atoms with Crippen LogP contribution in [0.4, 0.5) is 0 Å². The Balaban J connectivity index is 2.13. The second-order valence-corrected chi connectivity index (χ2v) is 5.12. The fourth-order valence-corrected chi connectivity index (χ4v) is 2.36. The topological polar surface area (TPSA) is 38.0 Å². The van der Waals surface area contributed by atoms with Crippen molar-refractivity contribution in [2.24, 2.45) is 7.05 Å². The van der Waals surface area contributed by atoms with Crippen molar-refractivity contribution >= 4 is 11.6 Å². The molecule has 1 N–H and O–H groups in total. The Morgan fingerprint density at radius 3 is 2.72 bits per heavy atom. The van der Waals surface area contributed by atoms with Crippen LogP contribution in [0.15, 0.2) is 36.7 Å². The smallest absolute Gasteiger partial charge is 0.108 e. The van der Waals surface area contributed by atoms with Gasteiger partial charge in [-0.25, -0.2) is 4.98 Å². The molecule has 0 aliphatic heterocycles. The van der Waals surface area contributed by atoms with Gasteiger partial charge >= 0.3 is 0 Å². The van der Waals surface area contributed by atoms with Crippen molar-refractivity contribution in [3.63, 3.8) is 0 Å². The van der Waals surface area contributed by atoms with Crippen molar-refractivity contribution in [3.05, 3.63) is 53.1 Å². The summed E-state index contributed by atoms with van der Waals surface area (Å²) in [6.45, 7) is 1.79. The fourth-order valence-electron chi connectivity index (χ4n) is 2.03. The molecule has 3 nitrogen and oxygen atoms in total. The lowest BCUT2D eigenvalue weighted by atomic mass is 9.91. The molecule has 1 aromatic heterocycles. The number of aliphatic hydroxyl groups is 1. The van der Waals surface area contributed by atoms with E-state index in [1.165, 1.54) is 0 Å². The van der Waals surface area contributed by atoms with Gasteiger partial charge in [0.2, 0.25) is 0 Å². The van der Waals surface area contributed by atoms with Gasteiger partial charge in [0.1, 0.15) is 5.82 Å². The molecule has 0 radical (unpaired) electrons. The van der Waals surface area contributed by atoms with E-state index in [4.69, 9.17) is 11.6 Å². The van der Waals surface area contributed by atoms with E-state index in [0.29, 0.717) is 17.9 Å². The summed E-state index contributed by atoms with van der Waals surface area (Å²) >= 11 is 6.12. The molecule has 0 spiro atoms. The van der Waals surface area contributed by atoms with Crippen LogP contribution in [0.5, 0.6) is 0 Å². The normalized spacial score (nSPS) is 14.4. The Labute approximate surface area is 112 Å². The fraction of sp³-hybridized carbons (Fsp3) is 0.357. The van der Waals surface area contributed by atoms with Gasteiger partial charge in [0, 0.05) is 36.4 Å². The van der Waals surface area contributed by atoms with Gasteiger partial charge in [0.15, 0.2) is 0 Å². The highest BCUT2D eigenvalue weighted by Crippen LogP contribution is 2.31. The van der Waals surface area contributed by atoms with E-state index < -0.39 is 5.60 Å². The molecule has 0 aliphatic carbocycles. The molecule has 0 saturated heterocycles. The molecule has 0 amide bonds. The summed E-state index contributed by atoms with van der Waals surface area (Å²) in [5.74, 6) is 0.960. The van der Waals surface area contributed by atoms with E-state index in [0.717, 1.165) is 11.4 Å². The summed E-state index contributed by atoms with van der Waals surface area (Å²) in [7, 11) is 1.95. The molecular weight excluding hydrogens is 248 g/mol. The van der Waals surface area contributed by atoms with Crippen molar-refractivity contribution in [2.45, 2.75) is 25.4 Å². The minimum Gasteiger partial charge on any atom is -0.385 e. The number of imidazole rings is 1. The van der Waals surface area contributed by atoms with Gasteiger partial charge in [-0.1, -0.05) is 29.8 Å². The maximum Gasteiger partial charge on any atom is 0.108 e. The lowest BCUT2D eigenvalue weighted by Crippen LogP contribution is -2.23. The highest BCUT2D eigenvalue weighted by atomic mass is 35.5. The van der Waals surface area contributed by atoms with E-state index in [-0.39, 0.29) is 0 Å². The summed E-state index contributed by atoms with van der Waals surface area (Å²) in [4.78, 5) is 4.25. The van der Waals surface area contributed by atoms with Gasteiger partial charge in [0.05, 0.1) is 5.60 Å². The van der Waals surface area contributed by atoms with Crippen LogP contribution in [0.1, 0.15) is 24.7 Å². The average Bonchev–Trinajstić information content (AvgIpc) is 2.73. The van der Waals surface area contributed by atoms with Crippen LogP contribution in [-0.2, 0) is 19.1 Å². The molecule has 2 rings (SSSR count). The van der Waals surface area contributed by atoms with Crippen molar-refractivity contribution in [3.8, 4) is 0 Å². The van der Waals surface area contributed by atoms with Crippen LogP contribution in [0.3, 0.4) is 0 Å². The highest BCUT2D eigenvalue weighted by molar-refractivity contribution is 6.31. The van der Waals surface area contributed by atoms with E-state index in [1.807, 2.05) is 36.0 Å². The van der Waals surface area contributed by atoms with Gasteiger partial charge in [-0.05, 0) is 19.4 Å². The molecule has 0 fully saturated rings. The summed E-state index contributed by atoms with van der Waals surface area (Å²) in [5.41, 5.74) is -0.175. The standard InChI is InChI=1S/C14H17ClN2O/c1-14(18,11-5-3-4-6-12(11)15)8-7-13-16-9-10-17(13)2/h3-6,9-10,18H,7-8H2,1-2H3. The van der Waals surface area contributed by atoms with Crippen LogP contribution in [0, 0.1) is 0 Å². The first-order chi connectivity index (χ1) is 8.50. The Morgan fingerprint density at radius 2 is 2.11 bits per heavy atom. The number of hydrogen-bond donors (Lipinski definition) is 1.